The third kappa shape index (κ3) is 3.24. The predicted molar refractivity (Wildman–Crippen MR) is 124 cm³/mol. The van der Waals surface area contributed by atoms with Gasteiger partial charge in [0.2, 0.25) is 0 Å². The van der Waals surface area contributed by atoms with Gasteiger partial charge in [-0.25, -0.2) is 9.97 Å². The zero-order valence-electron chi connectivity index (χ0n) is 18.8. The van der Waals surface area contributed by atoms with Gasteiger partial charge in [0.1, 0.15) is 34.0 Å². The van der Waals surface area contributed by atoms with Gasteiger partial charge in [0, 0.05) is 33.7 Å². The maximum Gasteiger partial charge on any atom is 0.276 e. The number of nitrogens with one attached hydrogen (secondary N) is 2. The maximum atomic E-state index is 13.5. The van der Waals surface area contributed by atoms with Gasteiger partial charge >= 0.3 is 0 Å². The van der Waals surface area contributed by atoms with Crippen molar-refractivity contribution in [1.29, 1.82) is 0 Å². The van der Waals surface area contributed by atoms with Gasteiger partial charge in [-0.3, -0.25) is 19.0 Å². The van der Waals surface area contributed by atoms with Gasteiger partial charge < -0.3 is 20.3 Å². The molecule has 1 saturated carbocycles. The van der Waals surface area contributed by atoms with E-state index >= 15 is 0 Å². The van der Waals surface area contributed by atoms with E-state index in [9.17, 15) is 14.4 Å². The summed E-state index contributed by atoms with van der Waals surface area (Å²) in [5.41, 5.74) is 0.605. The number of ether oxygens (including phenoxy) is 1. The van der Waals surface area contributed by atoms with Crippen LogP contribution in [0.5, 0.6) is 0 Å². The quantitative estimate of drug-likeness (QED) is 0.414. The van der Waals surface area contributed by atoms with Crippen molar-refractivity contribution < 1.29 is 35.4 Å². The summed E-state index contributed by atoms with van der Waals surface area (Å²) in [6, 6.07) is 3.58. The normalized spacial score (nSPS) is 21.7. The fourth-order valence-electron chi connectivity index (χ4n) is 5.50. The molecule has 2 amide bonds. The number of pyridine rings is 1. The Hall–Kier alpha value is -2.62. The van der Waals surface area contributed by atoms with Crippen LogP contribution in [0.25, 0.3) is 10.2 Å². The van der Waals surface area contributed by atoms with Crippen LogP contribution in [0.2, 0.25) is 0 Å². The van der Waals surface area contributed by atoms with Gasteiger partial charge in [-0.05, 0) is 43.9 Å². The number of morpholine rings is 1. The smallest absolute Gasteiger partial charge is 0.276 e. The number of hydrogen-bond donors (Lipinski definition) is 2. The number of amides is 2. The molecule has 2 saturated heterocycles. The van der Waals surface area contributed by atoms with Gasteiger partial charge in [0.15, 0.2) is 0 Å². The van der Waals surface area contributed by atoms with Crippen molar-refractivity contribution in [2.24, 2.45) is 0 Å². The van der Waals surface area contributed by atoms with E-state index in [0.717, 1.165) is 37.4 Å². The van der Waals surface area contributed by atoms with Crippen LogP contribution in [0.15, 0.2) is 23.3 Å². The van der Waals surface area contributed by atoms with Crippen molar-refractivity contribution in [2.75, 3.05) is 18.5 Å². The third-order valence-electron chi connectivity index (χ3n) is 7.35. The zero-order chi connectivity index (χ0) is 23.2. The molecule has 1 atom stereocenters. The van der Waals surface area contributed by atoms with Crippen LogP contribution in [0, 0.1) is 13.0 Å². The average molecular weight is 661 g/mol. The second kappa shape index (κ2) is 7.94. The summed E-state index contributed by atoms with van der Waals surface area (Å²) in [5.74, 6) is 0.214. The fraction of sp³-hybridized carbons (Fsp3) is 0.391. The third-order valence-corrected chi connectivity index (χ3v) is 8.38. The van der Waals surface area contributed by atoms with Crippen LogP contribution in [0.3, 0.4) is 0 Å². The van der Waals surface area contributed by atoms with Crippen molar-refractivity contribution in [3.63, 3.8) is 0 Å². The Kier molecular flexibility index (Phi) is 5.18. The number of carbonyl (C=O) groups is 2. The van der Waals surface area contributed by atoms with E-state index in [1.165, 1.54) is 17.7 Å². The van der Waals surface area contributed by atoms with Crippen molar-refractivity contribution in [3.8, 4) is 0 Å². The second-order valence-corrected chi connectivity index (χ2v) is 10.4. The molecule has 4 aliphatic rings. The minimum Gasteiger partial charge on any atom is -0.546 e. The molecule has 0 radical (unpaired) electrons. The van der Waals surface area contributed by atoms with E-state index in [-0.39, 0.29) is 44.5 Å². The standard InChI is InChI=1S/C23H21N6O4S.W/c1-11-5-15(21(31)29-17(11)19(30)27-23(29)3-2-4-23)26-18-14-7-16(34-20(14)25-10-24-18)22(32)28-8-13-6-12(28)9-33-13;/h5,7,10,12H,2-4,6,8-9H2,1H3,(H,27,30)(H,24,25,26);/q-1;/t12-;/m1./s1. The van der Waals surface area contributed by atoms with Gasteiger partial charge in [0.25, 0.3) is 17.4 Å². The van der Waals surface area contributed by atoms with Gasteiger partial charge in [0.05, 0.1) is 10.3 Å². The number of nitrogens with zero attached hydrogens (tertiary/aromatic N) is 4. The Bertz CT molecular complexity index is 1460. The Labute approximate surface area is 218 Å². The van der Waals surface area contributed by atoms with Crippen LogP contribution >= 0.6 is 11.3 Å². The number of rotatable bonds is 3. The molecule has 1 spiro atoms. The number of carbonyl (C=O) groups excluding carboxylic acids is 2. The Balaban J connectivity index is 0.00000229. The molecule has 0 unspecified atom stereocenters. The summed E-state index contributed by atoms with van der Waals surface area (Å²) in [4.78, 5) is 51.0. The number of aromatic nitrogens is 3. The maximum absolute atomic E-state index is 13.5. The average Bonchev–Trinajstić information content (AvgIpc) is 3.57. The number of likely N-dealkylation sites (tertiary alicyclic amines) is 1. The number of fused-ring (bicyclic) bond motifs is 5. The van der Waals surface area contributed by atoms with Gasteiger partial charge in [-0.2, -0.15) is 6.10 Å². The van der Waals surface area contributed by atoms with Crippen molar-refractivity contribution in [1.82, 2.24) is 24.8 Å². The molecule has 10 nitrogen and oxygen atoms in total. The second-order valence-electron chi connectivity index (χ2n) is 9.39. The first-order chi connectivity index (χ1) is 16.4. The molecule has 3 aromatic rings. The number of hydrogen-bond acceptors (Lipinski definition) is 8. The molecular weight excluding hydrogens is 640 g/mol. The van der Waals surface area contributed by atoms with E-state index < -0.39 is 5.66 Å². The van der Waals surface area contributed by atoms with E-state index in [1.807, 2.05) is 11.8 Å². The molecule has 2 N–H and O–H groups in total. The van der Waals surface area contributed by atoms with Crippen LogP contribution < -0.4 is 16.2 Å². The molecule has 3 fully saturated rings. The van der Waals surface area contributed by atoms with Crippen molar-refractivity contribution >= 4 is 44.9 Å². The number of anilines is 2. The van der Waals surface area contributed by atoms with Crippen LogP contribution in [0.1, 0.15) is 51.4 Å². The summed E-state index contributed by atoms with van der Waals surface area (Å²) in [5, 5.41) is 6.86. The minimum absolute atomic E-state index is 0. The summed E-state index contributed by atoms with van der Waals surface area (Å²) >= 11 is 1.31. The predicted octanol–water partition coefficient (Wildman–Crippen LogP) is 2.26. The molecule has 35 heavy (non-hydrogen) atoms. The first kappa shape index (κ1) is 22.8. The van der Waals surface area contributed by atoms with E-state index in [4.69, 9.17) is 4.74 Å². The van der Waals surface area contributed by atoms with Crippen LogP contribution in [-0.2, 0) is 31.5 Å². The molecular formula is C23H21N6O4SW-. The van der Waals surface area contributed by atoms with Gasteiger partial charge in [-0.1, -0.05) is 6.54 Å². The Morgan fingerprint density at radius 3 is 2.83 bits per heavy atom. The zero-order valence-corrected chi connectivity index (χ0v) is 22.5. The monoisotopic (exact) mass is 661 g/mol. The van der Waals surface area contributed by atoms with Gasteiger partial charge in [-0.15, -0.1) is 17.8 Å². The number of aryl methyl sites for hydroxylation is 1. The molecule has 12 heteroatoms. The van der Waals surface area contributed by atoms with Crippen molar-refractivity contribution in [2.45, 2.75) is 44.3 Å². The Morgan fingerprint density at radius 1 is 1.31 bits per heavy atom. The molecule has 3 aromatic heterocycles. The summed E-state index contributed by atoms with van der Waals surface area (Å²) in [7, 11) is 0. The molecule has 1 aliphatic carbocycles. The summed E-state index contributed by atoms with van der Waals surface area (Å²) in [6.07, 6.45) is 5.64. The topological polar surface area (TPSA) is 118 Å². The fourth-order valence-corrected chi connectivity index (χ4v) is 6.46. The summed E-state index contributed by atoms with van der Waals surface area (Å²) in [6.45, 7) is 2.92. The SMILES string of the molecule is Cc1cc(Nc2ncnc3sc(C(=O)N4C[C-]5C[C@@H]4CO5)cc23)c(=O)n2c1C(=O)NC21CCC1.[W]. The molecule has 0 aromatic carbocycles. The molecule has 180 valence electrons. The molecule has 6 heterocycles. The van der Waals surface area contributed by atoms with Crippen LogP contribution in [0.4, 0.5) is 11.5 Å². The Morgan fingerprint density at radius 2 is 2.14 bits per heavy atom. The molecule has 7 rings (SSSR count). The summed E-state index contributed by atoms with van der Waals surface area (Å²) < 4.78 is 7.15. The number of thiophene rings is 1. The first-order valence-electron chi connectivity index (χ1n) is 11.3. The minimum atomic E-state index is -0.619. The largest absolute Gasteiger partial charge is 0.546 e. The van der Waals surface area contributed by atoms with E-state index in [2.05, 4.69) is 20.6 Å². The van der Waals surface area contributed by atoms with Crippen LogP contribution in [-0.4, -0.2) is 50.4 Å². The first-order valence-corrected chi connectivity index (χ1v) is 12.1. The van der Waals surface area contributed by atoms with E-state index in [1.54, 1.807) is 16.7 Å². The molecule has 2 bridgehead atoms. The molecule has 3 aliphatic heterocycles. The van der Waals surface area contributed by atoms with E-state index in [0.29, 0.717) is 45.4 Å². The van der Waals surface area contributed by atoms with Crippen molar-refractivity contribution in [3.05, 3.63) is 51.1 Å².